The Kier molecular flexibility index (Phi) is 4.40. The maximum atomic E-state index is 13.6. The van der Waals surface area contributed by atoms with E-state index in [1.54, 1.807) is 12.1 Å². The molecule has 3 nitrogen and oxygen atoms in total. The maximum absolute atomic E-state index is 13.6. The highest BCUT2D eigenvalue weighted by Gasteiger charge is 2.25. The van der Waals surface area contributed by atoms with Crippen LogP contribution in [0.5, 0.6) is 0 Å². The van der Waals surface area contributed by atoms with Gasteiger partial charge in [0, 0.05) is 16.6 Å². The summed E-state index contributed by atoms with van der Waals surface area (Å²) in [6.45, 7) is 1.10. The minimum atomic E-state index is -3.31. The van der Waals surface area contributed by atoms with Gasteiger partial charge in [-0.1, -0.05) is 22.0 Å². The molecule has 1 saturated heterocycles. The Morgan fingerprint density at radius 2 is 2.22 bits per heavy atom. The number of hydrogen-bond donors (Lipinski definition) is 0. The monoisotopic (exact) mass is 336 g/mol. The third kappa shape index (κ3) is 3.52. The Labute approximate surface area is 114 Å². The molecule has 1 aliphatic heterocycles. The smallest absolute Gasteiger partial charge is 0.154 e. The van der Waals surface area contributed by atoms with E-state index >= 15 is 0 Å². The number of benzene rings is 1. The topological polar surface area (TPSA) is 43.4 Å². The number of hydrogen-bond acceptors (Lipinski definition) is 3. The van der Waals surface area contributed by atoms with E-state index in [0.717, 1.165) is 6.42 Å². The fraction of sp³-hybridized carbons (Fsp3) is 0.500. The summed E-state index contributed by atoms with van der Waals surface area (Å²) in [5.41, 5.74) is 0.205. The molecule has 1 aliphatic rings. The van der Waals surface area contributed by atoms with E-state index in [4.69, 9.17) is 4.74 Å². The van der Waals surface area contributed by atoms with Gasteiger partial charge in [-0.3, -0.25) is 0 Å². The van der Waals surface area contributed by atoms with Crippen molar-refractivity contribution in [2.24, 2.45) is 5.92 Å². The molecule has 1 aromatic carbocycles. The average Bonchev–Trinajstić information content (AvgIpc) is 2.75. The molecule has 1 aromatic rings. The first kappa shape index (κ1) is 14.0. The van der Waals surface area contributed by atoms with Crippen molar-refractivity contribution in [3.05, 3.63) is 34.1 Å². The second-order valence-corrected chi connectivity index (χ2v) is 7.45. The summed E-state index contributed by atoms with van der Waals surface area (Å²) in [5.74, 6) is -0.652. The molecule has 0 aliphatic carbocycles. The van der Waals surface area contributed by atoms with Gasteiger partial charge in [0.2, 0.25) is 0 Å². The standard InChI is InChI=1S/C12H14BrFO3S/c13-11-2-1-3-12(14)10(11)8-18(15,16)7-9-4-5-17-6-9/h1-3,9H,4-8H2. The van der Waals surface area contributed by atoms with Crippen molar-refractivity contribution >= 4 is 25.8 Å². The van der Waals surface area contributed by atoms with Crippen molar-refractivity contribution in [2.75, 3.05) is 19.0 Å². The van der Waals surface area contributed by atoms with Crippen molar-refractivity contribution in [1.82, 2.24) is 0 Å². The first-order chi connectivity index (χ1) is 8.48. The van der Waals surface area contributed by atoms with Gasteiger partial charge in [-0.05, 0) is 24.5 Å². The molecule has 1 heterocycles. The molecule has 100 valence electrons. The van der Waals surface area contributed by atoms with Gasteiger partial charge >= 0.3 is 0 Å². The fourth-order valence-electron chi connectivity index (χ4n) is 2.02. The molecule has 2 rings (SSSR count). The lowest BCUT2D eigenvalue weighted by Gasteiger charge is -2.10. The summed E-state index contributed by atoms with van der Waals surface area (Å²) in [6, 6.07) is 4.46. The van der Waals surface area contributed by atoms with Crippen molar-refractivity contribution < 1.29 is 17.5 Å². The van der Waals surface area contributed by atoms with Gasteiger partial charge in [-0.15, -0.1) is 0 Å². The van der Waals surface area contributed by atoms with Crippen molar-refractivity contribution in [3.63, 3.8) is 0 Å². The second-order valence-electron chi connectivity index (χ2n) is 4.48. The van der Waals surface area contributed by atoms with E-state index < -0.39 is 15.7 Å². The van der Waals surface area contributed by atoms with Crippen LogP contribution in [0.25, 0.3) is 0 Å². The van der Waals surface area contributed by atoms with E-state index in [9.17, 15) is 12.8 Å². The predicted molar refractivity (Wildman–Crippen MR) is 70.5 cm³/mol. The maximum Gasteiger partial charge on any atom is 0.154 e. The quantitative estimate of drug-likeness (QED) is 0.848. The summed E-state index contributed by atoms with van der Waals surface area (Å²) in [4.78, 5) is 0. The summed E-state index contributed by atoms with van der Waals surface area (Å²) in [5, 5.41) is 0. The van der Waals surface area contributed by atoms with Crippen LogP contribution in [-0.4, -0.2) is 27.4 Å². The molecule has 0 radical (unpaired) electrons. The van der Waals surface area contributed by atoms with Crippen LogP contribution in [0.2, 0.25) is 0 Å². The van der Waals surface area contributed by atoms with Crippen LogP contribution in [0.15, 0.2) is 22.7 Å². The van der Waals surface area contributed by atoms with Crippen LogP contribution in [0.1, 0.15) is 12.0 Å². The Hall–Kier alpha value is -0.460. The highest BCUT2D eigenvalue weighted by molar-refractivity contribution is 9.10. The molecule has 6 heteroatoms. The van der Waals surface area contributed by atoms with E-state index in [-0.39, 0.29) is 23.0 Å². The fourth-order valence-corrected chi connectivity index (χ4v) is 4.52. The van der Waals surface area contributed by atoms with Crippen molar-refractivity contribution in [1.29, 1.82) is 0 Å². The van der Waals surface area contributed by atoms with Gasteiger partial charge in [-0.25, -0.2) is 12.8 Å². The SMILES string of the molecule is O=S(=O)(Cc1c(F)cccc1Br)CC1CCOC1. The molecule has 0 aromatic heterocycles. The van der Waals surface area contributed by atoms with Crippen molar-refractivity contribution in [2.45, 2.75) is 12.2 Å². The zero-order valence-corrected chi connectivity index (χ0v) is 12.1. The summed E-state index contributed by atoms with van der Waals surface area (Å²) in [6.07, 6.45) is 0.762. The largest absolute Gasteiger partial charge is 0.381 e. The second kappa shape index (κ2) is 5.67. The molecule has 0 bridgehead atoms. The Morgan fingerprint density at radius 3 is 2.83 bits per heavy atom. The number of sulfone groups is 1. The van der Waals surface area contributed by atoms with E-state index in [2.05, 4.69) is 15.9 Å². The minimum Gasteiger partial charge on any atom is -0.381 e. The molecular weight excluding hydrogens is 323 g/mol. The molecule has 0 amide bonds. The van der Waals surface area contributed by atoms with Crippen LogP contribution in [-0.2, 0) is 20.3 Å². The molecule has 1 unspecified atom stereocenters. The van der Waals surface area contributed by atoms with Gasteiger partial charge in [-0.2, -0.15) is 0 Å². The Bertz CT molecular complexity index is 504. The Balaban J connectivity index is 2.12. The Morgan fingerprint density at radius 1 is 1.44 bits per heavy atom. The number of rotatable bonds is 4. The molecule has 18 heavy (non-hydrogen) atoms. The summed E-state index contributed by atoms with van der Waals surface area (Å²) >= 11 is 3.18. The zero-order chi connectivity index (χ0) is 13.2. The van der Waals surface area contributed by atoms with Gasteiger partial charge in [0.25, 0.3) is 0 Å². The first-order valence-corrected chi connectivity index (χ1v) is 8.30. The zero-order valence-electron chi connectivity index (χ0n) is 9.73. The highest BCUT2D eigenvalue weighted by Crippen LogP contribution is 2.24. The molecule has 0 saturated carbocycles. The van der Waals surface area contributed by atoms with Crippen molar-refractivity contribution in [3.8, 4) is 0 Å². The van der Waals surface area contributed by atoms with Crippen LogP contribution < -0.4 is 0 Å². The van der Waals surface area contributed by atoms with Gasteiger partial charge in [0.05, 0.1) is 18.1 Å². The average molecular weight is 337 g/mol. The molecule has 0 spiro atoms. The van der Waals surface area contributed by atoms with Crippen LogP contribution in [0, 0.1) is 11.7 Å². The van der Waals surface area contributed by atoms with Crippen LogP contribution in [0.4, 0.5) is 4.39 Å². The third-order valence-corrected chi connectivity index (χ3v) is 5.39. The lowest BCUT2D eigenvalue weighted by molar-refractivity contribution is 0.188. The number of halogens is 2. The summed E-state index contributed by atoms with van der Waals surface area (Å²) < 4.78 is 43.3. The van der Waals surface area contributed by atoms with Gasteiger partial charge in [0.15, 0.2) is 9.84 Å². The first-order valence-electron chi connectivity index (χ1n) is 5.69. The normalized spacial score (nSPS) is 20.2. The number of ether oxygens (including phenoxy) is 1. The van der Waals surface area contributed by atoms with E-state index in [1.807, 2.05) is 0 Å². The van der Waals surface area contributed by atoms with Gasteiger partial charge < -0.3 is 4.74 Å². The minimum absolute atomic E-state index is 0.0422. The van der Waals surface area contributed by atoms with Crippen LogP contribution in [0.3, 0.4) is 0 Å². The molecule has 1 fully saturated rings. The van der Waals surface area contributed by atoms with Gasteiger partial charge in [0.1, 0.15) is 5.82 Å². The molecule has 0 N–H and O–H groups in total. The third-order valence-electron chi connectivity index (χ3n) is 2.94. The lowest BCUT2D eigenvalue weighted by Crippen LogP contribution is -2.18. The predicted octanol–water partition coefficient (Wildman–Crippen LogP) is 2.54. The van der Waals surface area contributed by atoms with E-state index in [1.165, 1.54) is 6.07 Å². The van der Waals surface area contributed by atoms with E-state index in [0.29, 0.717) is 17.7 Å². The van der Waals surface area contributed by atoms with Crippen LogP contribution >= 0.6 is 15.9 Å². The summed E-state index contributed by atoms with van der Waals surface area (Å²) in [7, 11) is -3.31. The lowest BCUT2D eigenvalue weighted by atomic mass is 10.2. The molecular formula is C12H14BrFO3S. The molecule has 1 atom stereocenters. The highest BCUT2D eigenvalue weighted by atomic mass is 79.9.